The molecule has 1 heterocycles. The highest BCUT2D eigenvalue weighted by atomic mass is 28.4. The van der Waals surface area contributed by atoms with E-state index < -0.39 is 32.3 Å². The second-order valence-corrected chi connectivity index (χ2v) is 16.6. The maximum atomic E-state index is 14.1. The van der Waals surface area contributed by atoms with Gasteiger partial charge >= 0.3 is 6.09 Å². The zero-order valence-corrected chi connectivity index (χ0v) is 25.7. The maximum absolute atomic E-state index is 14.1. The summed E-state index contributed by atoms with van der Waals surface area (Å²) >= 11 is 0. The Morgan fingerprint density at radius 1 is 1.08 bits per heavy atom. The summed E-state index contributed by atoms with van der Waals surface area (Å²) < 4.78 is 39.7. The minimum atomic E-state index is -2.13. The van der Waals surface area contributed by atoms with Crippen molar-refractivity contribution in [3.05, 3.63) is 41.8 Å². The van der Waals surface area contributed by atoms with E-state index in [1.165, 1.54) is 12.1 Å². The van der Waals surface area contributed by atoms with Crippen LogP contribution in [0.2, 0.25) is 18.1 Å². The highest BCUT2D eigenvalue weighted by molar-refractivity contribution is 6.74. The molecule has 1 aromatic carbocycles. The minimum Gasteiger partial charge on any atom is -0.444 e. The molecular weight excluding hydrogens is 505 g/mol. The van der Waals surface area contributed by atoms with Crippen LogP contribution in [0.15, 0.2) is 30.3 Å². The molecule has 10 heteroatoms. The van der Waals surface area contributed by atoms with E-state index in [1.54, 1.807) is 16.8 Å². The standard InChI is InChI=1S/C28H46FN3O5Si/c1-11-34-25(35-12-2)24-17-23(20-14-13-15-21(29)16-20)31-32(24)22(18-30-26(33)37-27(3,4)5)19-36-38(9,10)28(6,7)8/h13-17,22,25H,11-12,18-19H2,1-10H3,(H,30,33). The van der Waals surface area contributed by atoms with Crippen LogP contribution in [-0.4, -0.2) is 56.2 Å². The minimum absolute atomic E-state index is 0.00497. The van der Waals surface area contributed by atoms with Crippen molar-refractivity contribution in [2.45, 2.75) is 91.5 Å². The van der Waals surface area contributed by atoms with Crippen molar-refractivity contribution < 1.29 is 27.8 Å². The third kappa shape index (κ3) is 9.18. The lowest BCUT2D eigenvalue weighted by atomic mass is 10.1. The average Bonchev–Trinajstić information content (AvgIpc) is 3.22. The Morgan fingerprint density at radius 3 is 2.24 bits per heavy atom. The SMILES string of the molecule is CCOC(OCC)c1cc(-c2cccc(F)c2)nn1C(CNC(=O)OC(C)(C)C)CO[Si](C)(C)C(C)(C)C. The molecule has 2 rings (SSSR count). The molecule has 0 aliphatic carbocycles. The molecule has 1 amide bonds. The van der Waals surface area contributed by atoms with E-state index in [0.717, 1.165) is 0 Å². The number of amides is 1. The second kappa shape index (κ2) is 13.2. The first-order valence-electron chi connectivity index (χ1n) is 13.3. The summed E-state index contributed by atoms with van der Waals surface area (Å²) in [6.45, 7) is 21.5. The molecule has 0 fully saturated rings. The maximum Gasteiger partial charge on any atom is 0.407 e. The van der Waals surface area contributed by atoms with E-state index in [-0.39, 0.29) is 17.4 Å². The number of halogens is 1. The molecular formula is C28H46FN3O5Si. The molecule has 0 aliphatic rings. The summed E-state index contributed by atoms with van der Waals surface area (Å²) in [7, 11) is -2.13. The summed E-state index contributed by atoms with van der Waals surface area (Å²) in [5, 5.41) is 7.72. The van der Waals surface area contributed by atoms with Crippen molar-refractivity contribution in [3.8, 4) is 11.3 Å². The number of nitrogens with zero attached hydrogens (tertiary/aromatic N) is 2. The van der Waals surface area contributed by atoms with Gasteiger partial charge in [-0.15, -0.1) is 0 Å². The summed E-state index contributed by atoms with van der Waals surface area (Å²) in [6, 6.07) is 7.72. The molecule has 38 heavy (non-hydrogen) atoms. The molecule has 214 valence electrons. The molecule has 0 saturated heterocycles. The molecule has 8 nitrogen and oxygen atoms in total. The molecule has 0 radical (unpaired) electrons. The van der Waals surface area contributed by atoms with E-state index in [9.17, 15) is 9.18 Å². The summed E-state index contributed by atoms with van der Waals surface area (Å²) in [5.41, 5.74) is 1.22. The Kier molecular flexibility index (Phi) is 11.1. The van der Waals surface area contributed by atoms with Crippen LogP contribution >= 0.6 is 0 Å². The van der Waals surface area contributed by atoms with Gasteiger partial charge in [0.1, 0.15) is 11.4 Å². The number of nitrogens with one attached hydrogen (secondary N) is 1. The molecule has 0 aliphatic heterocycles. The fourth-order valence-corrected chi connectivity index (χ4v) is 4.48. The van der Waals surface area contributed by atoms with Crippen molar-refractivity contribution in [2.75, 3.05) is 26.4 Å². The van der Waals surface area contributed by atoms with Crippen molar-refractivity contribution in [1.82, 2.24) is 15.1 Å². The molecule has 1 unspecified atom stereocenters. The molecule has 1 aromatic heterocycles. The molecule has 0 saturated carbocycles. The van der Waals surface area contributed by atoms with Crippen LogP contribution < -0.4 is 5.32 Å². The zero-order valence-electron chi connectivity index (χ0n) is 24.7. The van der Waals surface area contributed by atoms with Gasteiger partial charge in [-0.25, -0.2) is 9.18 Å². The van der Waals surface area contributed by atoms with Gasteiger partial charge in [0, 0.05) is 25.3 Å². The predicted molar refractivity (Wildman–Crippen MR) is 150 cm³/mol. The second-order valence-electron chi connectivity index (χ2n) is 11.8. The summed E-state index contributed by atoms with van der Waals surface area (Å²) in [6.07, 6.45) is -1.23. The van der Waals surface area contributed by atoms with Crippen LogP contribution in [0.5, 0.6) is 0 Å². The quantitative estimate of drug-likeness (QED) is 0.229. The number of aromatic nitrogens is 2. The van der Waals surface area contributed by atoms with E-state index in [0.29, 0.717) is 36.8 Å². The first kappa shape index (κ1) is 31.9. The third-order valence-electron chi connectivity index (χ3n) is 6.43. The lowest BCUT2D eigenvalue weighted by Crippen LogP contribution is -2.44. The highest BCUT2D eigenvalue weighted by Crippen LogP contribution is 2.37. The predicted octanol–water partition coefficient (Wildman–Crippen LogP) is 6.85. The van der Waals surface area contributed by atoms with E-state index >= 15 is 0 Å². The molecule has 0 spiro atoms. The van der Waals surface area contributed by atoms with Crippen molar-refractivity contribution >= 4 is 14.4 Å². The molecule has 1 atom stereocenters. The number of rotatable bonds is 12. The Hall–Kier alpha value is -2.27. The zero-order chi connectivity index (χ0) is 28.7. The Labute approximate surface area is 228 Å². The Balaban J connectivity index is 2.54. The topological polar surface area (TPSA) is 83.8 Å². The van der Waals surface area contributed by atoms with Gasteiger partial charge in [0.25, 0.3) is 0 Å². The fraction of sp³-hybridized carbons (Fsp3) is 0.643. The lowest BCUT2D eigenvalue weighted by molar-refractivity contribution is -0.145. The summed E-state index contributed by atoms with van der Waals surface area (Å²) in [5.74, 6) is -0.353. The lowest BCUT2D eigenvalue weighted by Gasteiger charge is -2.37. The van der Waals surface area contributed by atoms with Crippen LogP contribution in [0.1, 0.15) is 73.4 Å². The normalized spacial score (nSPS) is 13.6. The summed E-state index contributed by atoms with van der Waals surface area (Å²) in [4.78, 5) is 12.6. The Bertz CT molecular complexity index is 1040. The first-order valence-corrected chi connectivity index (χ1v) is 16.2. The highest BCUT2D eigenvalue weighted by Gasteiger charge is 2.38. The van der Waals surface area contributed by atoms with Gasteiger partial charge in [-0.05, 0) is 71.0 Å². The number of hydrogen-bond donors (Lipinski definition) is 1. The van der Waals surface area contributed by atoms with Gasteiger partial charge in [-0.3, -0.25) is 4.68 Å². The monoisotopic (exact) mass is 551 g/mol. The van der Waals surface area contributed by atoms with Crippen molar-refractivity contribution in [2.24, 2.45) is 0 Å². The molecule has 0 bridgehead atoms. The molecule has 1 N–H and O–H groups in total. The van der Waals surface area contributed by atoms with Crippen LogP contribution in [0.25, 0.3) is 11.3 Å². The smallest absolute Gasteiger partial charge is 0.407 e. The van der Waals surface area contributed by atoms with Gasteiger partial charge in [-0.2, -0.15) is 5.10 Å². The average molecular weight is 552 g/mol. The third-order valence-corrected chi connectivity index (χ3v) is 10.9. The fourth-order valence-electron chi connectivity index (χ4n) is 3.44. The number of carbonyl (C=O) groups is 1. The van der Waals surface area contributed by atoms with Crippen LogP contribution in [-0.2, 0) is 18.6 Å². The van der Waals surface area contributed by atoms with Gasteiger partial charge in [0.2, 0.25) is 6.29 Å². The van der Waals surface area contributed by atoms with Crippen molar-refractivity contribution in [1.29, 1.82) is 0 Å². The first-order chi connectivity index (χ1) is 17.6. The van der Waals surface area contributed by atoms with Gasteiger partial charge in [-0.1, -0.05) is 32.9 Å². The van der Waals surface area contributed by atoms with Gasteiger partial charge in [0.05, 0.1) is 24.0 Å². The number of alkyl carbamates (subject to hydrolysis) is 1. The van der Waals surface area contributed by atoms with E-state index in [2.05, 4.69) is 39.2 Å². The van der Waals surface area contributed by atoms with Crippen molar-refractivity contribution in [3.63, 3.8) is 0 Å². The largest absolute Gasteiger partial charge is 0.444 e. The number of ether oxygens (including phenoxy) is 3. The molecule has 2 aromatic rings. The van der Waals surface area contributed by atoms with Crippen LogP contribution in [0, 0.1) is 5.82 Å². The number of benzene rings is 1. The number of carbonyl (C=O) groups excluding carboxylic acids is 1. The van der Waals surface area contributed by atoms with Gasteiger partial charge in [0.15, 0.2) is 8.32 Å². The van der Waals surface area contributed by atoms with E-state index in [1.807, 2.05) is 40.7 Å². The number of hydrogen-bond acceptors (Lipinski definition) is 6. The van der Waals surface area contributed by atoms with Crippen LogP contribution in [0.3, 0.4) is 0 Å². The van der Waals surface area contributed by atoms with Crippen LogP contribution in [0.4, 0.5) is 9.18 Å². The van der Waals surface area contributed by atoms with E-state index in [4.69, 9.17) is 23.7 Å². The Morgan fingerprint density at radius 2 is 1.71 bits per heavy atom. The van der Waals surface area contributed by atoms with Gasteiger partial charge < -0.3 is 24.0 Å².